The minimum Gasteiger partial charge on any atom is -0.497 e. The van der Waals surface area contributed by atoms with Crippen molar-refractivity contribution in [2.75, 3.05) is 38.2 Å². The molecule has 1 fully saturated rings. The second-order valence-electron chi connectivity index (χ2n) is 6.63. The Labute approximate surface area is 164 Å². The van der Waals surface area contributed by atoms with E-state index < -0.39 is 0 Å². The van der Waals surface area contributed by atoms with Crippen molar-refractivity contribution in [1.29, 1.82) is 0 Å². The fourth-order valence-corrected chi connectivity index (χ4v) is 3.29. The largest absolute Gasteiger partial charge is 0.497 e. The molecule has 0 atom stereocenters. The number of ether oxygens (including phenoxy) is 1. The van der Waals surface area contributed by atoms with Crippen molar-refractivity contribution in [3.05, 3.63) is 66.5 Å². The molecule has 2 aromatic carbocycles. The van der Waals surface area contributed by atoms with Gasteiger partial charge in [-0.15, -0.1) is 0 Å². The maximum absolute atomic E-state index is 12.5. The Bertz CT molecular complexity index is 993. The van der Waals surface area contributed by atoms with Gasteiger partial charge in [-0.05, 0) is 42.5 Å². The summed E-state index contributed by atoms with van der Waals surface area (Å²) >= 11 is 0. The van der Waals surface area contributed by atoms with E-state index in [4.69, 9.17) is 4.74 Å². The van der Waals surface area contributed by atoms with Crippen molar-refractivity contribution in [2.24, 2.45) is 0 Å². The Morgan fingerprint density at radius 1 is 1.00 bits per heavy atom. The third-order valence-corrected chi connectivity index (χ3v) is 4.89. The molecule has 1 aliphatic heterocycles. The molecule has 4 rings (SSSR count). The van der Waals surface area contributed by atoms with Gasteiger partial charge in [0, 0.05) is 37.9 Å². The van der Waals surface area contributed by atoms with Gasteiger partial charge in [-0.2, -0.15) is 0 Å². The molecular weight excluding hydrogens is 352 g/mol. The SMILES string of the molecule is COc1ccc(N2CCN(C(=O)/C=C/c3cnc4ccccc4n3)CC2)cc1. The average Bonchev–Trinajstić information content (AvgIpc) is 2.77. The van der Waals surface area contributed by atoms with Crippen LogP contribution in [0.2, 0.25) is 0 Å². The monoisotopic (exact) mass is 374 g/mol. The maximum Gasteiger partial charge on any atom is 0.246 e. The number of benzene rings is 2. The molecule has 1 amide bonds. The zero-order valence-corrected chi connectivity index (χ0v) is 15.8. The predicted octanol–water partition coefficient (Wildman–Crippen LogP) is 3.00. The van der Waals surface area contributed by atoms with Crippen LogP contribution in [0, 0.1) is 0 Å². The summed E-state index contributed by atoms with van der Waals surface area (Å²) < 4.78 is 5.20. The third-order valence-electron chi connectivity index (χ3n) is 4.89. The van der Waals surface area contributed by atoms with Gasteiger partial charge in [0.2, 0.25) is 5.91 Å². The number of carbonyl (C=O) groups excluding carboxylic acids is 1. The van der Waals surface area contributed by atoms with Gasteiger partial charge in [0.15, 0.2) is 0 Å². The molecule has 1 saturated heterocycles. The summed E-state index contributed by atoms with van der Waals surface area (Å²) in [4.78, 5) is 25.6. The third kappa shape index (κ3) is 3.96. The normalized spacial score (nSPS) is 14.6. The molecule has 1 aliphatic rings. The molecule has 0 radical (unpaired) electrons. The van der Waals surface area contributed by atoms with Gasteiger partial charge in [0.1, 0.15) is 5.75 Å². The molecular formula is C22H22N4O2. The molecule has 0 unspecified atom stereocenters. The van der Waals surface area contributed by atoms with Crippen LogP contribution in [-0.2, 0) is 4.79 Å². The molecule has 6 heteroatoms. The quantitative estimate of drug-likeness (QED) is 0.657. The van der Waals surface area contributed by atoms with Gasteiger partial charge >= 0.3 is 0 Å². The second kappa shape index (κ2) is 8.08. The number of nitrogens with zero attached hydrogens (tertiary/aromatic N) is 4. The first-order valence-corrected chi connectivity index (χ1v) is 9.31. The highest BCUT2D eigenvalue weighted by atomic mass is 16.5. The van der Waals surface area contributed by atoms with Gasteiger partial charge in [-0.1, -0.05) is 12.1 Å². The topological polar surface area (TPSA) is 58.6 Å². The van der Waals surface area contributed by atoms with E-state index in [2.05, 4.69) is 27.0 Å². The van der Waals surface area contributed by atoms with Crippen LogP contribution in [-0.4, -0.2) is 54.1 Å². The summed E-state index contributed by atoms with van der Waals surface area (Å²) in [6.45, 7) is 3.00. The summed E-state index contributed by atoms with van der Waals surface area (Å²) in [5.74, 6) is 0.851. The van der Waals surface area contributed by atoms with Crippen molar-refractivity contribution in [2.45, 2.75) is 0 Å². The lowest BCUT2D eigenvalue weighted by atomic mass is 10.2. The van der Waals surface area contributed by atoms with E-state index in [0.717, 1.165) is 35.6 Å². The minimum absolute atomic E-state index is 0.00402. The number of anilines is 1. The maximum atomic E-state index is 12.5. The van der Waals surface area contributed by atoms with Gasteiger partial charge in [0.25, 0.3) is 0 Å². The first-order chi connectivity index (χ1) is 13.7. The van der Waals surface area contributed by atoms with Crippen LogP contribution in [0.5, 0.6) is 5.75 Å². The Kier molecular flexibility index (Phi) is 5.19. The molecule has 0 spiro atoms. The van der Waals surface area contributed by atoms with Gasteiger partial charge in [-0.3, -0.25) is 9.78 Å². The van der Waals surface area contributed by atoms with Gasteiger partial charge in [0.05, 0.1) is 30.0 Å². The molecule has 0 bridgehead atoms. The van der Waals surface area contributed by atoms with Crippen LogP contribution in [0.15, 0.2) is 60.8 Å². The van der Waals surface area contributed by atoms with E-state index in [1.807, 2.05) is 41.3 Å². The summed E-state index contributed by atoms with van der Waals surface area (Å²) in [6.07, 6.45) is 5.01. The molecule has 6 nitrogen and oxygen atoms in total. The summed E-state index contributed by atoms with van der Waals surface area (Å²) in [7, 11) is 1.66. The number of hydrogen-bond donors (Lipinski definition) is 0. The number of carbonyl (C=O) groups is 1. The lowest BCUT2D eigenvalue weighted by Crippen LogP contribution is -2.48. The number of hydrogen-bond acceptors (Lipinski definition) is 5. The number of piperazine rings is 1. The fraction of sp³-hybridized carbons (Fsp3) is 0.227. The Balaban J connectivity index is 1.35. The zero-order valence-electron chi connectivity index (χ0n) is 15.8. The van der Waals surface area contributed by atoms with Crippen molar-refractivity contribution >= 4 is 28.7 Å². The first kappa shape index (κ1) is 18.0. The number of aromatic nitrogens is 2. The average molecular weight is 374 g/mol. The van der Waals surface area contributed by atoms with E-state index >= 15 is 0 Å². The molecule has 1 aromatic heterocycles. The van der Waals surface area contributed by atoms with E-state index in [1.54, 1.807) is 25.5 Å². The second-order valence-corrected chi connectivity index (χ2v) is 6.63. The van der Waals surface area contributed by atoms with Gasteiger partial charge in [-0.25, -0.2) is 4.98 Å². The highest BCUT2D eigenvalue weighted by molar-refractivity contribution is 5.92. The zero-order chi connectivity index (χ0) is 19.3. The number of para-hydroxylation sites is 2. The highest BCUT2D eigenvalue weighted by Gasteiger charge is 2.19. The van der Waals surface area contributed by atoms with Crippen LogP contribution < -0.4 is 9.64 Å². The molecule has 28 heavy (non-hydrogen) atoms. The summed E-state index contributed by atoms with van der Waals surface area (Å²) in [5, 5.41) is 0. The summed E-state index contributed by atoms with van der Waals surface area (Å²) in [6, 6.07) is 15.7. The smallest absolute Gasteiger partial charge is 0.246 e. The van der Waals surface area contributed by atoms with Crippen molar-refractivity contribution in [3.63, 3.8) is 0 Å². The molecule has 3 aromatic rings. The van der Waals surface area contributed by atoms with Crippen LogP contribution in [0.4, 0.5) is 5.69 Å². The molecule has 0 aliphatic carbocycles. The summed E-state index contributed by atoms with van der Waals surface area (Å²) in [5.41, 5.74) is 3.50. The predicted molar refractivity (Wildman–Crippen MR) is 110 cm³/mol. The fourth-order valence-electron chi connectivity index (χ4n) is 3.29. The first-order valence-electron chi connectivity index (χ1n) is 9.31. The Morgan fingerprint density at radius 3 is 2.43 bits per heavy atom. The van der Waals surface area contributed by atoms with Crippen LogP contribution in [0.1, 0.15) is 5.69 Å². The molecule has 2 heterocycles. The van der Waals surface area contributed by atoms with E-state index in [9.17, 15) is 4.79 Å². The molecule has 142 valence electrons. The molecule has 0 saturated carbocycles. The van der Waals surface area contributed by atoms with Crippen LogP contribution >= 0.6 is 0 Å². The highest BCUT2D eigenvalue weighted by Crippen LogP contribution is 2.20. The Hall–Kier alpha value is -3.41. The number of methoxy groups -OCH3 is 1. The lowest BCUT2D eigenvalue weighted by molar-refractivity contribution is -0.126. The van der Waals surface area contributed by atoms with E-state index in [1.165, 1.54) is 0 Å². The number of rotatable bonds is 4. The van der Waals surface area contributed by atoms with Crippen molar-refractivity contribution in [1.82, 2.24) is 14.9 Å². The standard InChI is InChI=1S/C22H22N4O2/c1-28-19-9-7-18(8-10-19)25-12-14-26(15-13-25)22(27)11-6-17-16-23-20-4-2-3-5-21(20)24-17/h2-11,16H,12-15H2,1H3/b11-6+. The van der Waals surface area contributed by atoms with E-state index in [-0.39, 0.29) is 5.91 Å². The Morgan fingerprint density at radius 2 is 1.71 bits per heavy atom. The van der Waals surface area contributed by atoms with Crippen molar-refractivity contribution < 1.29 is 9.53 Å². The van der Waals surface area contributed by atoms with Crippen molar-refractivity contribution in [3.8, 4) is 5.75 Å². The molecule has 0 N–H and O–H groups in total. The lowest BCUT2D eigenvalue weighted by Gasteiger charge is -2.35. The number of amides is 1. The van der Waals surface area contributed by atoms with Crippen LogP contribution in [0.25, 0.3) is 17.1 Å². The minimum atomic E-state index is 0.00402. The van der Waals surface area contributed by atoms with Crippen LogP contribution in [0.3, 0.4) is 0 Å². The van der Waals surface area contributed by atoms with Gasteiger partial charge < -0.3 is 14.5 Å². The van der Waals surface area contributed by atoms with E-state index in [0.29, 0.717) is 18.8 Å². The number of fused-ring (bicyclic) bond motifs is 1.